The van der Waals surface area contributed by atoms with Crippen molar-refractivity contribution in [3.05, 3.63) is 218 Å². The lowest BCUT2D eigenvalue weighted by molar-refractivity contribution is 1.18. The highest BCUT2D eigenvalue weighted by Gasteiger charge is 2.16. The number of hydrogen-bond acceptors (Lipinski definition) is 1. The molecule has 1 heterocycles. The average Bonchev–Trinajstić information content (AvgIpc) is 3.59. The highest BCUT2D eigenvalue weighted by molar-refractivity contribution is 6.10. The number of fused-ring (bicyclic) bond motifs is 4. The van der Waals surface area contributed by atoms with Crippen LogP contribution < -0.4 is 4.90 Å². The Balaban J connectivity index is 1.03. The van der Waals surface area contributed by atoms with Gasteiger partial charge in [0.2, 0.25) is 0 Å². The molecule has 0 saturated heterocycles. The van der Waals surface area contributed by atoms with Gasteiger partial charge < -0.3 is 9.47 Å². The van der Waals surface area contributed by atoms with Gasteiger partial charge in [0.15, 0.2) is 0 Å². The van der Waals surface area contributed by atoms with E-state index in [1.807, 2.05) is 0 Å². The minimum absolute atomic E-state index is 1.11. The van der Waals surface area contributed by atoms with E-state index in [-0.39, 0.29) is 0 Å². The Morgan fingerprint density at radius 3 is 1.37 bits per heavy atom. The predicted octanol–water partition coefficient (Wildman–Crippen LogP) is 14.4. The minimum atomic E-state index is 1.11. The summed E-state index contributed by atoms with van der Waals surface area (Å²) in [5.74, 6) is 0. The van der Waals surface area contributed by atoms with Gasteiger partial charge in [0, 0.05) is 33.5 Å². The van der Waals surface area contributed by atoms with Gasteiger partial charge in [-0.2, -0.15) is 0 Å². The van der Waals surface area contributed by atoms with Gasteiger partial charge in [-0.15, -0.1) is 0 Å². The molecule has 0 aliphatic carbocycles. The Bertz CT molecular complexity index is 2810. The van der Waals surface area contributed by atoms with Crippen molar-refractivity contribution in [3.63, 3.8) is 0 Å². The molecular weight excluding hydrogens is 653 g/mol. The van der Waals surface area contributed by atoms with Crippen molar-refractivity contribution in [3.8, 4) is 39.1 Å². The summed E-state index contributed by atoms with van der Waals surface area (Å²) in [6.45, 7) is 0. The lowest BCUT2D eigenvalue weighted by Crippen LogP contribution is -2.09. The van der Waals surface area contributed by atoms with Crippen molar-refractivity contribution in [1.82, 2.24) is 4.57 Å². The summed E-state index contributed by atoms with van der Waals surface area (Å²) in [5.41, 5.74) is 14.2. The summed E-state index contributed by atoms with van der Waals surface area (Å²) in [6, 6.07) is 78.8. The smallest absolute Gasteiger partial charge is 0.0541 e. The van der Waals surface area contributed by atoms with Gasteiger partial charge >= 0.3 is 0 Å². The van der Waals surface area contributed by atoms with Crippen LogP contribution in [-0.2, 0) is 0 Å². The monoisotopic (exact) mass is 688 g/mol. The van der Waals surface area contributed by atoms with Crippen LogP contribution in [0.15, 0.2) is 218 Å². The Labute approximate surface area is 315 Å². The molecule has 0 radical (unpaired) electrons. The molecule has 0 amide bonds. The predicted molar refractivity (Wildman–Crippen MR) is 229 cm³/mol. The number of anilines is 3. The third-order valence-electron chi connectivity index (χ3n) is 10.6. The fraction of sp³-hybridized carbons (Fsp3) is 0. The molecule has 0 spiro atoms. The molecule has 1 aromatic heterocycles. The largest absolute Gasteiger partial charge is 0.310 e. The fourth-order valence-corrected chi connectivity index (χ4v) is 7.87. The van der Waals surface area contributed by atoms with E-state index in [0.717, 1.165) is 17.1 Å². The maximum absolute atomic E-state index is 2.37. The van der Waals surface area contributed by atoms with E-state index in [1.54, 1.807) is 0 Å². The van der Waals surface area contributed by atoms with Crippen molar-refractivity contribution >= 4 is 49.6 Å². The maximum atomic E-state index is 2.37. The highest BCUT2D eigenvalue weighted by atomic mass is 15.1. The number of para-hydroxylation sites is 2. The zero-order valence-corrected chi connectivity index (χ0v) is 29.7. The van der Waals surface area contributed by atoms with Gasteiger partial charge in [-0.3, -0.25) is 0 Å². The first-order valence-electron chi connectivity index (χ1n) is 18.5. The first-order chi connectivity index (χ1) is 26.8. The molecule has 2 heteroatoms. The van der Waals surface area contributed by atoms with E-state index in [4.69, 9.17) is 0 Å². The quantitative estimate of drug-likeness (QED) is 0.162. The van der Waals surface area contributed by atoms with Crippen LogP contribution >= 0.6 is 0 Å². The van der Waals surface area contributed by atoms with E-state index in [0.29, 0.717) is 0 Å². The number of rotatable bonds is 7. The molecule has 10 aromatic rings. The molecule has 54 heavy (non-hydrogen) atoms. The Hall–Kier alpha value is -7.16. The van der Waals surface area contributed by atoms with E-state index < -0.39 is 0 Å². The zero-order chi connectivity index (χ0) is 35.8. The number of nitrogens with zero attached hydrogens (tertiary/aromatic N) is 2. The van der Waals surface area contributed by atoms with Crippen LogP contribution in [0.4, 0.5) is 17.1 Å². The molecule has 2 nitrogen and oxygen atoms in total. The van der Waals surface area contributed by atoms with Crippen LogP contribution in [0.5, 0.6) is 0 Å². The van der Waals surface area contributed by atoms with Crippen LogP contribution in [0.3, 0.4) is 0 Å². The van der Waals surface area contributed by atoms with Crippen LogP contribution in [0.1, 0.15) is 0 Å². The number of aromatic nitrogens is 1. The SMILES string of the molecule is c1ccc(-c2ccc(N(c3ccc(-c4ccccc4)cc3)c3ccc4cc(-c5ccc6c(c5)c5ccccc5n6-c5ccccc5)ccc4c3)cc2)cc1. The summed E-state index contributed by atoms with van der Waals surface area (Å²) in [4.78, 5) is 2.35. The molecule has 0 aliphatic rings. The lowest BCUT2D eigenvalue weighted by atomic mass is 9.99. The van der Waals surface area contributed by atoms with Crippen molar-refractivity contribution in [2.24, 2.45) is 0 Å². The van der Waals surface area contributed by atoms with Crippen molar-refractivity contribution in [2.45, 2.75) is 0 Å². The third kappa shape index (κ3) is 5.71. The second-order valence-corrected chi connectivity index (χ2v) is 13.8. The fourth-order valence-electron chi connectivity index (χ4n) is 7.87. The molecule has 0 unspecified atom stereocenters. The molecule has 0 atom stereocenters. The number of benzene rings is 9. The third-order valence-corrected chi connectivity index (χ3v) is 10.6. The lowest BCUT2D eigenvalue weighted by Gasteiger charge is -2.26. The summed E-state index contributed by atoms with van der Waals surface area (Å²) >= 11 is 0. The van der Waals surface area contributed by atoms with E-state index in [1.165, 1.54) is 71.6 Å². The van der Waals surface area contributed by atoms with Crippen LogP contribution in [0.25, 0.3) is 71.6 Å². The summed E-state index contributed by atoms with van der Waals surface area (Å²) < 4.78 is 2.37. The molecular formula is C52H36N2. The first kappa shape index (κ1) is 31.6. The summed E-state index contributed by atoms with van der Waals surface area (Å²) in [5, 5.41) is 4.93. The van der Waals surface area contributed by atoms with Gasteiger partial charge in [-0.05, 0) is 117 Å². The second kappa shape index (κ2) is 13.4. The molecule has 254 valence electrons. The molecule has 0 bridgehead atoms. The van der Waals surface area contributed by atoms with Crippen molar-refractivity contribution < 1.29 is 0 Å². The van der Waals surface area contributed by atoms with Crippen LogP contribution in [-0.4, -0.2) is 4.57 Å². The minimum Gasteiger partial charge on any atom is -0.310 e. The van der Waals surface area contributed by atoms with Crippen molar-refractivity contribution in [2.75, 3.05) is 4.90 Å². The normalized spacial score (nSPS) is 11.3. The van der Waals surface area contributed by atoms with Gasteiger partial charge in [-0.1, -0.05) is 146 Å². The maximum Gasteiger partial charge on any atom is 0.0541 e. The molecule has 0 saturated carbocycles. The molecule has 0 N–H and O–H groups in total. The topological polar surface area (TPSA) is 8.17 Å². The van der Waals surface area contributed by atoms with Gasteiger partial charge in [0.25, 0.3) is 0 Å². The average molecular weight is 689 g/mol. The van der Waals surface area contributed by atoms with Crippen molar-refractivity contribution in [1.29, 1.82) is 0 Å². The molecule has 9 aromatic carbocycles. The van der Waals surface area contributed by atoms with E-state index in [2.05, 4.69) is 228 Å². The molecule has 0 fully saturated rings. The number of hydrogen-bond donors (Lipinski definition) is 0. The van der Waals surface area contributed by atoms with E-state index >= 15 is 0 Å². The highest BCUT2D eigenvalue weighted by Crippen LogP contribution is 2.40. The summed E-state index contributed by atoms with van der Waals surface area (Å²) in [6.07, 6.45) is 0. The van der Waals surface area contributed by atoms with Crippen LogP contribution in [0.2, 0.25) is 0 Å². The van der Waals surface area contributed by atoms with Crippen LogP contribution in [0, 0.1) is 0 Å². The van der Waals surface area contributed by atoms with E-state index in [9.17, 15) is 0 Å². The Morgan fingerprint density at radius 2 is 0.722 bits per heavy atom. The standard InChI is InChI=1S/C52H36N2/c1-4-12-37(13-5-1)39-22-28-46(29-23-39)53(47-30-24-40(25-31-47)38-14-6-2-7-15-38)48-32-26-42-34-41(20-21-43(42)35-48)44-27-33-52-50(36-44)49-18-10-11-19-51(49)54(52)45-16-8-3-9-17-45/h1-36H. The first-order valence-corrected chi connectivity index (χ1v) is 18.5. The van der Waals surface area contributed by atoms with Gasteiger partial charge in [-0.25, -0.2) is 0 Å². The Kier molecular flexibility index (Phi) is 7.85. The zero-order valence-electron chi connectivity index (χ0n) is 29.7. The molecule has 10 rings (SSSR count). The van der Waals surface area contributed by atoms with Gasteiger partial charge in [0.1, 0.15) is 0 Å². The second-order valence-electron chi connectivity index (χ2n) is 13.8. The Morgan fingerprint density at radius 1 is 0.278 bits per heavy atom. The van der Waals surface area contributed by atoms with Gasteiger partial charge in [0.05, 0.1) is 11.0 Å². The molecule has 0 aliphatic heterocycles. The summed E-state index contributed by atoms with van der Waals surface area (Å²) in [7, 11) is 0.